The van der Waals surface area contributed by atoms with Crippen molar-refractivity contribution in [2.75, 3.05) is 11.9 Å². The second kappa shape index (κ2) is 6.90. The molecule has 0 saturated heterocycles. The largest absolute Gasteiger partial charge is 0.361 e. The van der Waals surface area contributed by atoms with Gasteiger partial charge >= 0.3 is 0 Å². The molecular formula is C18H24N2S. The molecule has 3 heteroatoms. The summed E-state index contributed by atoms with van der Waals surface area (Å²) in [5.74, 6) is 0.376. The zero-order valence-electron chi connectivity index (χ0n) is 13.5. The molecule has 112 valence electrons. The van der Waals surface area contributed by atoms with Crippen molar-refractivity contribution in [3.05, 3.63) is 57.6 Å². The van der Waals surface area contributed by atoms with E-state index in [4.69, 9.17) is 0 Å². The molecular weight excluding hydrogens is 276 g/mol. The quantitative estimate of drug-likeness (QED) is 0.773. The number of aryl methyl sites for hydroxylation is 4. The van der Waals surface area contributed by atoms with Crippen molar-refractivity contribution >= 4 is 16.5 Å². The first kappa shape index (κ1) is 15.8. The lowest BCUT2D eigenvalue weighted by Gasteiger charge is -2.19. The molecule has 1 aromatic heterocycles. The van der Waals surface area contributed by atoms with Gasteiger partial charge in [0.1, 0.15) is 0 Å². The standard InChI is InChI=1S/C18H24N2S/c1-6-8-16(17-12(2)9-7-10-13(17)3)11-19-18-20-14(4)15(5)21-18/h6-10,16H,11H2,1-5H3,(H,19,20). The van der Waals surface area contributed by atoms with Crippen LogP contribution in [0.2, 0.25) is 0 Å². The molecule has 0 amide bonds. The highest BCUT2D eigenvalue weighted by atomic mass is 32.1. The van der Waals surface area contributed by atoms with Crippen LogP contribution in [-0.2, 0) is 0 Å². The molecule has 0 bridgehead atoms. The predicted molar refractivity (Wildman–Crippen MR) is 93.5 cm³/mol. The molecule has 0 fully saturated rings. The topological polar surface area (TPSA) is 24.9 Å². The Morgan fingerprint density at radius 2 is 1.86 bits per heavy atom. The predicted octanol–water partition coefficient (Wildman–Crippen LogP) is 5.15. The van der Waals surface area contributed by atoms with E-state index in [2.05, 4.69) is 75.3 Å². The van der Waals surface area contributed by atoms with Crippen molar-refractivity contribution in [2.45, 2.75) is 40.5 Å². The van der Waals surface area contributed by atoms with Gasteiger partial charge in [0.2, 0.25) is 0 Å². The fourth-order valence-electron chi connectivity index (χ4n) is 2.66. The molecule has 1 aromatic carbocycles. The van der Waals surface area contributed by atoms with Crippen molar-refractivity contribution in [3.63, 3.8) is 0 Å². The number of rotatable bonds is 5. The first-order valence-corrected chi connectivity index (χ1v) is 8.21. The number of nitrogens with zero attached hydrogens (tertiary/aromatic N) is 1. The Labute approximate surface area is 131 Å². The molecule has 21 heavy (non-hydrogen) atoms. The first-order chi connectivity index (χ1) is 10.0. The third-order valence-corrected chi connectivity index (χ3v) is 4.87. The van der Waals surface area contributed by atoms with Crippen LogP contribution in [0.4, 0.5) is 5.13 Å². The maximum atomic E-state index is 4.56. The number of thiazole rings is 1. The van der Waals surface area contributed by atoms with Gasteiger partial charge in [-0.3, -0.25) is 0 Å². The average molecular weight is 300 g/mol. The van der Waals surface area contributed by atoms with Gasteiger partial charge in [0, 0.05) is 17.3 Å². The van der Waals surface area contributed by atoms with E-state index < -0.39 is 0 Å². The van der Waals surface area contributed by atoms with Crippen molar-refractivity contribution in [3.8, 4) is 0 Å². The van der Waals surface area contributed by atoms with Crippen LogP contribution in [0.15, 0.2) is 30.4 Å². The van der Waals surface area contributed by atoms with Crippen LogP contribution in [0.25, 0.3) is 0 Å². The number of hydrogen-bond acceptors (Lipinski definition) is 3. The minimum absolute atomic E-state index is 0.376. The molecule has 0 radical (unpaired) electrons. The summed E-state index contributed by atoms with van der Waals surface area (Å²) in [4.78, 5) is 5.85. The van der Waals surface area contributed by atoms with Gasteiger partial charge in [-0.25, -0.2) is 4.98 Å². The number of hydrogen-bond donors (Lipinski definition) is 1. The Kier molecular flexibility index (Phi) is 5.18. The van der Waals surface area contributed by atoms with E-state index >= 15 is 0 Å². The van der Waals surface area contributed by atoms with Gasteiger partial charge in [-0.1, -0.05) is 30.4 Å². The normalized spacial score (nSPS) is 12.8. The highest BCUT2D eigenvalue weighted by Crippen LogP contribution is 2.27. The average Bonchev–Trinajstić information content (AvgIpc) is 2.75. The Bertz CT molecular complexity index is 601. The summed E-state index contributed by atoms with van der Waals surface area (Å²) in [6.07, 6.45) is 4.41. The fraction of sp³-hybridized carbons (Fsp3) is 0.389. The molecule has 2 rings (SSSR count). The summed E-state index contributed by atoms with van der Waals surface area (Å²) in [6, 6.07) is 6.51. The molecule has 2 nitrogen and oxygen atoms in total. The number of benzene rings is 1. The summed E-state index contributed by atoms with van der Waals surface area (Å²) in [5.41, 5.74) is 5.25. The van der Waals surface area contributed by atoms with E-state index in [1.165, 1.54) is 21.6 Å². The molecule has 1 N–H and O–H groups in total. The third kappa shape index (κ3) is 3.73. The molecule has 0 aliphatic heterocycles. The van der Waals surface area contributed by atoms with E-state index in [0.717, 1.165) is 17.4 Å². The van der Waals surface area contributed by atoms with E-state index in [-0.39, 0.29) is 0 Å². The summed E-state index contributed by atoms with van der Waals surface area (Å²) in [6.45, 7) is 11.5. The highest BCUT2D eigenvalue weighted by molar-refractivity contribution is 7.15. The summed E-state index contributed by atoms with van der Waals surface area (Å²) in [5, 5.41) is 4.52. The summed E-state index contributed by atoms with van der Waals surface area (Å²) >= 11 is 1.73. The van der Waals surface area contributed by atoms with Crippen LogP contribution < -0.4 is 5.32 Å². The lowest BCUT2D eigenvalue weighted by Crippen LogP contribution is -2.13. The van der Waals surface area contributed by atoms with Gasteiger partial charge in [-0.05, 0) is 51.3 Å². The van der Waals surface area contributed by atoms with Crippen LogP contribution in [0.1, 0.15) is 40.1 Å². The van der Waals surface area contributed by atoms with E-state index in [1.54, 1.807) is 11.3 Å². The van der Waals surface area contributed by atoms with Crippen LogP contribution in [0.3, 0.4) is 0 Å². The SMILES string of the molecule is CC=CC(CNc1nc(C)c(C)s1)c1c(C)cccc1C. The number of anilines is 1. The number of allylic oxidation sites excluding steroid dienone is 1. The van der Waals surface area contributed by atoms with Crippen LogP contribution in [-0.4, -0.2) is 11.5 Å². The van der Waals surface area contributed by atoms with Crippen LogP contribution in [0, 0.1) is 27.7 Å². The van der Waals surface area contributed by atoms with Crippen LogP contribution in [0.5, 0.6) is 0 Å². The molecule has 1 heterocycles. The van der Waals surface area contributed by atoms with Gasteiger partial charge in [0.05, 0.1) is 5.69 Å². The Balaban J connectivity index is 2.20. The number of nitrogens with one attached hydrogen (secondary N) is 1. The smallest absolute Gasteiger partial charge is 0.183 e. The monoisotopic (exact) mass is 300 g/mol. The zero-order valence-corrected chi connectivity index (χ0v) is 14.3. The lowest BCUT2D eigenvalue weighted by atomic mass is 9.90. The van der Waals surface area contributed by atoms with Gasteiger partial charge in [-0.15, -0.1) is 11.3 Å². The molecule has 0 aliphatic rings. The third-order valence-electron chi connectivity index (χ3n) is 3.84. The van der Waals surface area contributed by atoms with E-state index in [0.29, 0.717) is 5.92 Å². The molecule has 0 saturated carbocycles. The molecule has 1 atom stereocenters. The lowest BCUT2D eigenvalue weighted by molar-refractivity contribution is 0.864. The number of aromatic nitrogens is 1. The molecule has 1 unspecified atom stereocenters. The van der Waals surface area contributed by atoms with Gasteiger partial charge in [0.15, 0.2) is 5.13 Å². The van der Waals surface area contributed by atoms with Gasteiger partial charge < -0.3 is 5.32 Å². The zero-order chi connectivity index (χ0) is 15.4. The van der Waals surface area contributed by atoms with Crippen molar-refractivity contribution in [2.24, 2.45) is 0 Å². The second-order valence-corrected chi connectivity index (χ2v) is 6.68. The second-order valence-electron chi connectivity index (χ2n) is 5.48. The highest BCUT2D eigenvalue weighted by Gasteiger charge is 2.14. The van der Waals surface area contributed by atoms with Crippen molar-refractivity contribution in [1.29, 1.82) is 0 Å². The first-order valence-electron chi connectivity index (χ1n) is 7.39. The fourth-order valence-corrected chi connectivity index (χ4v) is 3.48. The van der Waals surface area contributed by atoms with Crippen LogP contribution >= 0.6 is 11.3 Å². The minimum atomic E-state index is 0.376. The van der Waals surface area contributed by atoms with Gasteiger partial charge in [0.25, 0.3) is 0 Å². The Morgan fingerprint density at radius 3 is 2.38 bits per heavy atom. The van der Waals surface area contributed by atoms with Gasteiger partial charge in [-0.2, -0.15) is 0 Å². The Morgan fingerprint density at radius 1 is 1.19 bits per heavy atom. The van der Waals surface area contributed by atoms with E-state index in [9.17, 15) is 0 Å². The summed E-state index contributed by atoms with van der Waals surface area (Å²) < 4.78 is 0. The molecule has 0 spiro atoms. The maximum absolute atomic E-state index is 4.56. The van der Waals surface area contributed by atoms with Crippen molar-refractivity contribution < 1.29 is 0 Å². The molecule has 2 aromatic rings. The minimum Gasteiger partial charge on any atom is -0.361 e. The molecule has 0 aliphatic carbocycles. The van der Waals surface area contributed by atoms with E-state index in [1.807, 2.05) is 0 Å². The van der Waals surface area contributed by atoms with Crippen molar-refractivity contribution in [1.82, 2.24) is 4.98 Å². The summed E-state index contributed by atoms with van der Waals surface area (Å²) in [7, 11) is 0. The maximum Gasteiger partial charge on any atom is 0.183 e. The Hall–Kier alpha value is -1.61.